The molecule has 1 fully saturated rings. The van der Waals surface area contributed by atoms with E-state index in [0.717, 1.165) is 37.6 Å². The van der Waals surface area contributed by atoms with Crippen molar-refractivity contribution in [2.45, 2.75) is 38.8 Å². The minimum absolute atomic E-state index is 0.0555. The van der Waals surface area contributed by atoms with E-state index in [1.165, 1.54) is 10.4 Å². The molecule has 1 amide bonds. The van der Waals surface area contributed by atoms with Crippen molar-refractivity contribution >= 4 is 17.2 Å². The van der Waals surface area contributed by atoms with Crippen molar-refractivity contribution in [3.63, 3.8) is 0 Å². The summed E-state index contributed by atoms with van der Waals surface area (Å²) in [6.07, 6.45) is 0. The third kappa shape index (κ3) is 6.47. The molecule has 5 nitrogen and oxygen atoms in total. The van der Waals surface area contributed by atoms with Gasteiger partial charge in [-0.05, 0) is 52.3 Å². The molecule has 1 aromatic heterocycles. The van der Waals surface area contributed by atoms with Crippen molar-refractivity contribution in [3.05, 3.63) is 87.6 Å². The summed E-state index contributed by atoms with van der Waals surface area (Å²) < 4.78 is 11.4. The van der Waals surface area contributed by atoms with Gasteiger partial charge in [0.15, 0.2) is 0 Å². The minimum Gasteiger partial charge on any atom is -0.489 e. The number of carbonyl (C=O) groups excluding carboxylic acids is 1. The molecule has 1 aliphatic heterocycles. The fraction of sp³-hybridized carbons (Fsp3) is 0.393. The molecule has 6 heteroatoms. The molecule has 0 radical (unpaired) electrons. The fourth-order valence-electron chi connectivity index (χ4n) is 4.04. The number of nitrogens with one attached hydrogen (secondary N) is 1. The largest absolute Gasteiger partial charge is 0.489 e. The van der Waals surface area contributed by atoms with Crippen LogP contribution in [0.5, 0.6) is 5.75 Å². The van der Waals surface area contributed by atoms with Crippen molar-refractivity contribution in [2.75, 3.05) is 32.8 Å². The van der Waals surface area contributed by atoms with Crippen LogP contribution in [0.4, 0.5) is 0 Å². The third-order valence-corrected chi connectivity index (χ3v) is 7.13. The van der Waals surface area contributed by atoms with E-state index in [-0.39, 0.29) is 17.4 Å². The van der Waals surface area contributed by atoms with Gasteiger partial charge in [0, 0.05) is 30.1 Å². The summed E-state index contributed by atoms with van der Waals surface area (Å²) in [6.45, 7) is 10.9. The molecule has 3 aromatic rings. The third-order valence-electron chi connectivity index (χ3n) is 6.16. The molecule has 0 bridgehead atoms. The highest BCUT2D eigenvalue weighted by Gasteiger charge is 2.24. The van der Waals surface area contributed by atoms with Crippen LogP contribution in [-0.2, 0) is 16.8 Å². The van der Waals surface area contributed by atoms with E-state index in [1.807, 2.05) is 36.4 Å². The van der Waals surface area contributed by atoms with Crippen LogP contribution in [0.25, 0.3) is 0 Å². The van der Waals surface area contributed by atoms with Crippen LogP contribution in [0.1, 0.15) is 53.2 Å². The van der Waals surface area contributed by atoms with Gasteiger partial charge in [-0.1, -0.05) is 51.1 Å². The number of benzene rings is 2. The Morgan fingerprint density at radius 3 is 2.38 bits per heavy atom. The normalized spacial score (nSPS) is 15.6. The van der Waals surface area contributed by atoms with Crippen LogP contribution >= 0.6 is 11.3 Å². The molecule has 180 valence electrons. The first-order valence-corrected chi connectivity index (χ1v) is 12.7. The van der Waals surface area contributed by atoms with Crippen LogP contribution in [0, 0.1) is 0 Å². The number of rotatable bonds is 8. The molecule has 4 rings (SSSR count). The average molecular weight is 479 g/mol. The maximum Gasteiger partial charge on any atom is 0.251 e. The maximum absolute atomic E-state index is 12.8. The lowest BCUT2D eigenvalue weighted by Gasteiger charge is -2.34. The Morgan fingerprint density at radius 2 is 1.76 bits per heavy atom. The van der Waals surface area contributed by atoms with E-state index in [0.29, 0.717) is 18.7 Å². The first kappa shape index (κ1) is 24.5. The van der Waals surface area contributed by atoms with Gasteiger partial charge in [0.25, 0.3) is 5.91 Å². The summed E-state index contributed by atoms with van der Waals surface area (Å²) in [5.41, 5.74) is 3.09. The van der Waals surface area contributed by atoms with E-state index >= 15 is 0 Å². The second-order valence-corrected chi connectivity index (χ2v) is 10.6. The van der Waals surface area contributed by atoms with Crippen LogP contribution < -0.4 is 10.1 Å². The van der Waals surface area contributed by atoms with Gasteiger partial charge in [0.05, 0.1) is 19.3 Å². The zero-order valence-corrected chi connectivity index (χ0v) is 21.1. The maximum atomic E-state index is 12.8. The predicted molar refractivity (Wildman–Crippen MR) is 138 cm³/mol. The number of carbonyl (C=O) groups is 1. The predicted octanol–water partition coefficient (Wildman–Crippen LogP) is 5.43. The van der Waals surface area contributed by atoms with Crippen molar-refractivity contribution in [2.24, 2.45) is 0 Å². The van der Waals surface area contributed by atoms with Gasteiger partial charge in [-0.15, -0.1) is 11.3 Å². The first-order chi connectivity index (χ1) is 16.4. The highest BCUT2D eigenvalue weighted by atomic mass is 32.1. The van der Waals surface area contributed by atoms with Crippen LogP contribution in [0.3, 0.4) is 0 Å². The van der Waals surface area contributed by atoms with Gasteiger partial charge in [0.2, 0.25) is 0 Å². The molecule has 2 aromatic carbocycles. The SMILES string of the molecule is CC(C)(C)c1ccc(OCc2ccc(C(=O)NC[C@@H](c3cccs3)N3CCOCC3)cc2)cc1. The summed E-state index contributed by atoms with van der Waals surface area (Å²) in [5, 5.41) is 5.22. The standard InChI is InChI=1S/C28H34N2O3S/c1-28(2,3)23-10-12-24(13-11-23)33-20-21-6-8-22(9-7-21)27(31)29-19-25(26-5-4-18-34-26)30-14-16-32-17-15-30/h4-13,18,25H,14-17,19-20H2,1-3H3,(H,29,31)/t25-/m0/s1. The quantitative estimate of drug-likeness (QED) is 0.469. The Bertz CT molecular complexity index is 1030. The summed E-state index contributed by atoms with van der Waals surface area (Å²) in [6, 6.07) is 20.3. The van der Waals surface area contributed by atoms with Gasteiger partial charge in [0.1, 0.15) is 12.4 Å². The van der Waals surface area contributed by atoms with Crippen molar-refractivity contribution in [1.82, 2.24) is 10.2 Å². The Hall–Kier alpha value is -2.67. The highest BCUT2D eigenvalue weighted by molar-refractivity contribution is 7.10. The molecule has 0 spiro atoms. The molecule has 1 atom stereocenters. The van der Waals surface area contributed by atoms with Crippen molar-refractivity contribution in [3.8, 4) is 5.75 Å². The van der Waals surface area contributed by atoms with E-state index in [2.05, 4.69) is 60.6 Å². The number of morpholine rings is 1. The topological polar surface area (TPSA) is 50.8 Å². The van der Waals surface area contributed by atoms with E-state index in [4.69, 9.17) is 9.47 Å². The molecule has 1 saturated heterocycles. The summed E-state index contributed by atoms with van der Waals surface area (Å²) in [4.78, 5) is 16.5. The molecule has 2 heterocycles. The van der Waals surface area contributed by atoms with Crippen LogP contribution in [0.2, 0.25) is 0 Å². The number of thiophene rings is 1. The number of amides is 1. The van der Waals surface area contributed by atoms with Crippen LogP contribution in [0.15, 0.2) is 66.0 Å². The zero-order valence-electron chi connectivity index (χ0n) is 20.3. The van der Waals surface area contributed by atoms with E-state index in [1.54, 1.807) is 11.3 Å². The highest BCUT2D eigenvalue weighted by Crippen LogP contribution is 2.26. The van der Waals surface area contributed by atoms with Gasteiger partial charge >= 0.3 is 0 Å². The molecular weight excluding hydrogens is 444 g/mol. The Morgan fingerprint density at radius 1 is 1.06 bits per heavy atom. The number of hydrogen-bond acceptors (Lipinski definition) is 5. The van der Waals surface area contributed by atoms with Crippen molar-refractivity contribution in [1.29, 1.82) is 0 Å². The summed E-state index contributed by atoms with van der Waals surface area (Å²) in [7, 11) is 0. The molecule has 0 unspecified atom stereocenters. The lowest BCUT2D eigenvalue weighted by atomic mass is 9.87. The number of nitrogens with zero attached hydrogens (tertiary/aromatic N) is 1. The van der Waals surface area contributed by atoms with Crippen LogP contribution in [-0.4, -0.2) is 43.7 Å². The Labute approximate surface area is 206 Å². The van der Waals surface area contributed by atoms with E-state index < -0.39 is 0 Å². The molecule has 1 aliphatic rings. The first-order valence-electron chi connectivity index (χ1n) is 11.9. The summed E-state index contributed by atoms with van der Waals surface area (Å²) in [5.74, 6) is 0.789. The van der Waals surface area contributed by atoms with Gasteiger partial charge in [-0.2, -0.15) is 0 Å². The lowest BCUT2D eigenvalue weighted by molar-refractivity contribution is 0.0169. The molecule has 0 saturated carbocycles. The Balaban J connectivity index is 1.31. The Kier molecular flexibility index (Phi) is 8.03. The van der Waals surface area contributed by atoms with E-state index in [9.17, 15) is 4.79 Å². The lowest BCUT2D eigenvalue weighted by Crippen LogP contribution is -2.43. The molecule has 34 heavy (non-hydrogen) atoms. The number of hydrogen-bond donors (Lipinski definition) is 1. The summed E-state index contributed by atoms with van der Waals surface area (Å²) >= 11 is 1.73. The molecular formula is C28H34N2O3S. The molecule has 1 N–H and O–H groups in total. The average Bonchev–Trinajstić information content (AvgIpc) is 3.38. The van der Waals surface area contributed by atoms with Crippen molar-refractivity contribution < 1.29 is 14.3 Å². The molecule has 0 aliphatic carbocycles. The number of ether oxygens (including phenoxy) is 2. The van der Waals surface area contributed by atoms with Gasteiger partial charge in [-0.3, -0.25) is 9.69 Å². The van der Waals surface area contributed by atoms with Gasteiger partial charge in [-0.25, -0.2) is 0 Å². The second kappa shape index (κ2) is 11.2. The second-order valence-electron chi connectivity index (χ2n) is 9.65. The monoisotopic (exact) mass is 478 g/mol. The minimum atomic E-state index is -0.0555. The zero-order chi connectivity index (χ0) is 24.0. The van der Waals surface area contributed by atoms with Gasteiger partial charge < -0.3 is 14.8 Å². The smallest absolute Gasteiger partial charge is 0.251 e. The fourth-order valence-corrected chi connectivity index (χ4v) is 4.90.